The lowest BCUT2D eigenvalue weighted by Crippen LogP contribution is -2.41. The molecule has 8 heteroatoms. The smallest absolute Gasteiger partial charge is 0.342 e. The SMILES string of the molecule is COc1cccc(C(=O)OCC(=O)NC(=O)NCCC2=CCCCC2)c1OC. The third-order valence-corrected chi connectivity index (χ3v) is 4.33. The number of carbonyl (C=O) groups is 3. The molecule has 0 heterocycles. The minimum atomic E-state index is -0.754. The van der Waals surface area contributed by atoms with Crippen molar-refractivity contribution in [1.29, 1.82) is 0 Å². The summed E-state index contributed by atoms with van der Waals surface area (Å²) in [7, 11) is 2.85. The van der Waals surface area contributed by atoms with Gasteiger partial charge in [0.1, 0.15) is 5.56 Å². The maximum Gasteiger partial charge on any atom is 0.342 e. The molecule has 0 bridgehead atoms. The summed E-state index contributed by atoms with van der Waals surface area (Å²) in [5.74, 6) is -0.890. The molecule has 152 valence electrons. The number of hydrogen-bond donors (Lipinski definition) is 2. The Hall–Kier alpha value is -3.03. The van der Waals surface area contributed by atoms with Gasteiger partial charge >= 0.3 is 12.0 Å². The fourth-order valence-electron chi connectivity index (χ4n) is 2.93. The number of urea groups is 1. The van der Waals surface area contributed by atoms with Crippen molar-refractivity contribution in [3.8, 4) is 11.5 Å². The van der Waals surface area contributed by atoms with Crippen LogP contribution in [0.25, 0.3) is 0 Å². The molecule has 0 saturated carbocycles. The molecule has 0 aromatic heterocycles. The normalized spacial score (nSPS) is 13.1. The van der Waals surface area contributed by atoms with E-state index in [9.17, 15) is 14.4 Å². The van der Waals surface area contributed by atoms with Gasteiger partial charge in [-0.3, -0.25) is 10.1 Å². The van der Waals surface area contributed by atoms with Gasteiger partial charge in [0.15, 0.2) is 18.1 Å². The molecular weight excluding hydrogens is 364 g/mol. The van der Waals surface area contributed by atoms with Crippen LogP contribution in [-0.4, -0.2) is 45.3 Å². The van der Waals surface area contributed by atoms with E-state index in [2.05, 4.69) is 16.7 Å². The van der Waals surface area contributed by atoms with E-state index in [1.165, 1.54) is 38.7 Å². The van der Waals surface area contributed by atoms with E-state index in [1.54, 1.807) is 12.1 Å². The standard InChI is InChI=1S/C20H26N2O6/c1-26-16-10-6-9-15(18(16)27-2)19(24)28-13-17(23)22-20(25)21-12-11-14-7-4-3-5-8-14/h6-7,9-10H,3-5,8,11-13H2,1-2H3,(H2,21,22,23,25). The van der Waals surface area contributed by atoms with Crippen molar-refractivity contribution in [2.75, 3.05) is 27.4 Å². The van der Waals surface area contributed by atoms with Gasteiger partial charge < -0.3 is 19.5 Å². The average Bonchev–Trinajstić information content (AvgIpc) is 2.72. The predicted octanol–water partition coefficient (Wildman–Crippen LogP) is 2.58. The zero-order chi connectivity index (χ0) is 20.4. The summed E-state index contributed by atoms with van der Waals surface area (Å²) in [6.45, 7) is -0.135. The van der Waals surface area contributed by atoms with Crippen molar-refractivity contribution in [1.82, 2.24) is 10.6 Å². The third-order valence-electron chi connectivity index (χ3n) is 4.33. The third kappa shape index (κ3) is 6.29. The number of allylic oxidation sites excluding steroid dienone is 1. The average molecular weight is 390 g/mol. The molecule has 2 rings (SSSR count). The summed E-state index contributed by atoms with van der Waals surface area (Å²) < 4.78 is 15.2. The first-order chi connectivity index (χ1) is 13.5. The van der Waals surface area contributed by atoms with E-state index in [4.69, 9.17) is 14.2 Å². The van der Waals surface area contributed by atoms with Gasteiger partial charge in [0.2, 0.25) is 0 Å². The van der Waals surface area contributed by atoms with Crippen molar-refractivity contribution in [2.45, 2.75) is 32.1 Å². The molecule has 1 aromatic carbocycles. The molecule has 3 amide bonds. The Morgan fingerprint density at radius 2 is 1.93 bits per heavy atom. The summed E-state index contributed by atoms with van der Waals surface area (Å²) in [5, 5.41) is 4.76. The molecule has 0 spiro atoms. The van der Waals surface area contributed by atoms with Crippen molar-refractivity contribution in [3.63, 3.8) is 0 Å². The highest BCUT2D eigenvalue weighted by Gasteiger charge is 2.19. The van der Waals surface area contributed by atoms with Crippen LogP contribution in [0.15, 0.2) is 29.8 Å². The van der Waals surface area contributed by atoms with Crippen molar-refractivity contribution in [2.24, 2.45) is 0 Å². The lowest BCUT2D eigenvalue weighted by Gasteiger charge is -2.13. The van der Waals surface area contributed by atoms with Crippen LogP contribution in [-0.2, 0) is 9.53 Å². The number of ether oxygens (including phenoxy) is 3. The predicted molar refractivity (Wildman–Crippen MR) is 103 cm³/mol. The van der Waals surface area contributed by atoms with Crippen LogP contribution in [0.3, 0.4) is 0 Å². The number of carbonyl (C=O) groups excluding carboxylic acids is 3. The molecule has 1 aliphatic carbocycles. The molecule has 0 atom stereocenters. The van der Waals surface area contributed by atoms with E-state index in [0.29, 0.717) is 12.3 Å². The Labute approximate surface area is 164 Å². The highest BCUT2D eigenvalue weighted by molar-refractivity contribution is 5.98. The van der Waals surface area contributed by atoms with E-state index in [-0.39, 0.29) is 11.3 Å². The second kappa shape index (κ2) is 11.0. The Morgan fingerprint density at radius 3 is 2.61 bits per heavy atom. The number of amides is 3. The summed E-state index contributed by atoms with van der Waals surface area (Å²) in [5.41, 5.74) is 1.46. The van der Waals surface area contributed by atoms with Gasteiger partial charge in [0.05, 0.1) is 14.2 Å². The van der Waals surface area contributed by atoms with Crippen LogP contribution in [0, 0.1) is 0 Å². The quantitative estimate of drug-likeness (QED) is 0.522. The summed E-state index contributed by atoms with van der Waals surface area (Å²) in [6.07, 6.45) is 7.52. The topological polar surface area (TPSA) is 103 Å². The number of imide groups is 1. The molecule has 0 aliphatic heterocycles. The Bertz CT molecular complexity index is 744. The van der Waals surface area contributed by atoms with Crippen molar-refractivity contribution < 1.29 is 28.6 Å². The van der Waals surface area contributed by atoms with Gasteiger partial charge in [-0.05, 0) is 44.2 Å². The van der Waals surface area contributed by atoms with Gasteiger partial charge in [0, 0.05) is 6.54 Å². The number of benzene rings is 1. The first-order valence-electron chi connectivity index (χ1n) is 9.19. The van der Waals surface area contributed by atoms with E-state index < -0.39 is 24.5 Å². The lowest BCUT2D eigenvalue weighted by atomic mass is 9.97. The molecule has 1 aromatic rings. The first-order valence-corrected chi connectivity index (χ1v) is 9.19. The first kappa shape index (κ1) is 21.3. The highest BCUT2D eigenvalue weighted by Crippen LogP contribution is 2.31. The van der Waals surface area contributed by atoms with E-state index in [0.717, 1.165) is 19.3 Å². The maximum absolute atomic E-state index is 12.2. The van der Waals surface area contributed by atoms with Crippen LogP contribution < -0.4 is 20.1 Å². The number of methoxy groups -OCH3 is 2. The van der Waals surface area contributed by atoms with Crippen LogP contribution in [0.2, 0.25) is 0 Å². The van der Waals surface area contributed by atoms with E-state index >= 15 is 0 Å². The molecule has 2 N–H and O–H groups in total. The van der Waals surface area contributed by atoms with Crippen LogP contribution in [0.1, 0.15) is 42.5 Å². The zero-order valence-electron chi connectivity index (χ0n) is 16.2. The summed E-state index contributed by atoms with van der Waals surface area (Å²) in [4.78, 5) is 35.8. The molecule has 0 radical (unpaired) electrons. The van der Waals surface area contributed by atoms with Gasteiger partial charge in [-0.15, -0.1) is 0 Å². The number of nitrogens with one attached hydrogen (secondary N) is 2. The van der Waals surface area contributed by atoms with Crippen LogP contribution in [0.4, 0.5) is 4.79 Å². The van der Waals surface area contributed by atoms with Crippen LogP contribution >= 0.6 is 0 Å². The molecular formula is C20H26N2O6. The van der Waals surface area contributed by atoms with Gasteiger partial charge in [-0.2, -0.15) is 0 Å². The number of rotatable bonds is 8. The minimum absolute atomic E-state index is 0.125. The van der Waals surface area contributed by atoms with Gasteiger partial charge in [-0.1, -0.05) is 17.7 Å². The minimum Gasteiger partial charge on any atom is -0.493 e. The van der Waals surface area contributed by atoms with Crippen LogP contribution in [0.5, 0.6) is 11.5 Å². The number of hydrogen-bond acceptors (Lipinski definition) is 6. The molecule has 0 unspecified atom stereocenters. The van der Waals surface area contributed by atoms with Gasteiger partial charge in [-0.25, -0.2) is 9.59 Å². The highest BCUT2D eigenvalue weighted by atomic mass is 16.5. The largest absolute Gasteiger partial charge is 0.493 e. The zero-order valence-corrected chi connectivity index (χ0v) is 16.2. The second-order valence-electron chi connectivity index (χ2n) is 6.28. The molecule has 0 fully saturated rings. The van der Waals surface area contributed by atoms with E-state index in [1.807, 2.05) is 0 Å². The Kier molecular flexibility index (Phi) is 8.33. The summed E-state index contributed by atoms with van der Waals surface area (Å²) in [6, 6.07) is 4.12. The molecule has 0 saturated heterocycles. The monoisotopic (exact) mass is 390 g/mol. The number of esters is 1. The molecule has 8 nitrogen and oxygen atoms in total. The molecule has 1 aliphatic rings. The molecule has 28 heavy (non-hydrogen) atoms. The fourth-order valence-corrected chi connectivity index (χ4v) is 2.93. The maximum atomic E-state index is 12.2. The van der Waals surface area contributed by atoms with Crippen molar-refractivity contribution >= 4 is 17.9 Å². The fraction of sp³-hybridized carbons (Fsp3) is 0.450. The van der Waals surface area contributed by atoms with Gasteiger partial charge in [0.25, 0.3) is 5.91 Å². The number of para-hydroxylation sites is 1. The second-order valence-corrected chi connectivity index (χ2v) is 6.28. The summed E-state index contributed by atoms with van der Waals surface area (Å²) >= 11 is 0. The lowest BCUT2D eigenvalue weighted by molar-refractivity contribution is -0.123. The Balaban J connectivity index is 1.75. The Morgan fingerprint density at radius 1 is 1.11 bits per heavy atom. The van der Waals surface area contributed by atoms with Crippen molar-refractivity contribution in [3.05, 3.63) is 35.4 Å².